The van der Waals surface area contributed by atoms with E-state index in [1.165, 1.54) is 11.8 Å². The molecular formula is C20H15ClF2N6O2S. The summed E-state index contributed by atoms with van der Waals surface area (Å²) in [5.41, 5.74) is 0.649. The Hall–Kier alpha value is -3.31. The standard InChI is InChI=1S/C20H15ClF2N6O2S/c21-13-4-2-1-3-12(13)19-26-20(28-27-19)32-10-16-25-18(31-29-16)8-7-17(30)24-15-6-5-11(22)9-14(15)23/h1-6,9H,7-8,10H2,(H,24,30)(H,26,27,28). The Morgan fingerprint density at radius 2 is 2.03 bits per heavy atom. The number of aromatic amines is 1. The van der Waals surface area contributed by atoms with E-state index in [0.29, 0.717) is 33.6 Å². The fourth-order valence-electron chi connectivity index (χ4n) is 2.69. The zero-order chi connectivity index (χ0) is 22.5. The van der Waals surface area contributed by atoms with Crippen LogP contribution in [0.1, 0.15) is 18.1 Å². The quantitative estimate of drug-likeness (QED) is 0.356. The highest BCUT2D eigenvalue weighted by atomic mass is 35.5. The zero-order valence-corrected chi connectivity index (χ0v) is 17.9. The van der Waals surface area contributed by atoms with Crippen molar-refractivity contribution in [3.8, 4) is 11.4 Å². The third kappa shape index (κ3) is 5.48. The van der Waals surface area contributed by atoms with Gasteiger partial charge in [-0.05, 0) is 24.3 Å². The van der Waals surface area contributed by atoms with Crippen molar-refractivity contribution in [2.45, 2.75) is 23.8 Å². The fourth-order valence-corrected chi connectivity index (χ4v) is 3.55. The molecule has 0 fully saturated rings. The number of nitrogens with zero attached hydrogens (tertiary/aromatic N) is 4. The molecule has 0 radical (unpaired) electrons. The van der Waals surface area contributed by atoms with E-state index in [0.717, 1.165) is 17.7 Å². The summed E-state index contributed by atoms with van der Waals surface area (Å²) in [6.45, 7) is 0. The SMILES string of the molecule is O=C(CCc1nc(CSc2n[nH]c(-c3ccccc3Cl)n2)no1)Nc1ccc(F)cc1F. The first-order valence-corrected chi connectivity index (χ1v) is 10.7. The average Bonchev–Trinajstić information content (AvgIpc) is 3.43. The first kappa shape index (κ1) is 21.9. The number of rotatable bonds is 8. The molecule has 2 heterocycles. The number of hydrogen-bond acceptors (Lipinski definition) is 7. The molecule has 4 rings (SSSR count). The van der Waals surface area contributed by atoms with Crippen LogP contribution in [-0.2, 0) is 17.0 Å². The number of carbonyl (C=O) groups excluding carboxylic acids is 1. The van der Waals surface area contributed by atoms with Crippen LogP contribution in [0.2, 0.25) is 5.02 Å². The lowest BCUT2D eigenvalue weighted by atomic mass is 10.2. The van der Waals surface area contributed by atoms with Crippen LogP contribution in [0.15, 0.2) is 52.1 Å². The van der Waals surface area contributed by atoms with Crippen molar-refractivity contribution in [2.75, 3.05) is 5.32 Å². The highest BCUT2D eigenvalue weighted by Gasteiger charge is 2.14. The third-order valence-corrected chi connectivity index (χ3v) is 5.38. The number of aryl methyl sites for hydroxylation is 1. The van der Waals surface area contributed by atoms with Gasteiger partial charge in [-0.25, -0.2) is 13.8 Å². The van der Waals surface area contributed by atoms with Gasteiger partial charge in [0.1, 0.15) is 11.6 Å². The number of benzene rings is 2. The Kier molecular flexibility index (Phi) is 6.76. The van der Waals surface area contributed by atoms with E-state index in [4.69, 9.17) is 16.1 Å². The third-order valence-electron chi connectivity index (χ3n) is 4.21. The monoisotopic (exact) mass is 476 g/mol. The molecule has 1 amide bonds. The lowest BCUT2D eigenvalue weighted by molar-refractivity contribution is -0.116. The van der Waals surface area contributed by atoms with E-state index in [1.54, 1.807) is 6.07 Å². The molecule has 0 aliphatic heterocycles. The number of carbonyl (C=O) groups is 1. The minimum Gasteiger partial charge on any atom is -0.339 e. The largest absolute Gasteiger partial charge is 0.339 e. The number of amides is 1. The molecule has 0 saturated carbocycles. The maximum Gasteiger partial charge on any atom is 0.227 e. The molecule has 12 heteroatoms. The van der Waals surface area contributed by atoms with Gasteiger partial charge in [0.25, 0.3) is 0 Å². The Morgan fingerprint density at radius 1 is 1.19 bits per heavy atom. The lowest BCUT2D eigenvalue weighted by Gasteiger charge is -2.05. The van der Waals surface area contributed by atoms with Gasteiger partial charge in [-0.1, -0.05) is 40.7 Å². The summed E-state index contributed by atoms with van der Waals surface area (Å²) >= 11 is 7.47. The van der Waals surface area contributed by atoms with Crippen molar-refractivity contribution in [1.82, 2.24) is 25.3 Å². The van der Waals surface area contributed by atoms with Crippen molar-refractivity contribution in [3.05, 3.63) is 70.8 Å². The Morgan fingerprint density at radius 3 is 2.84 bits per heavy atom. The summed E-state index contributed by atoms with van der Waals surface area (Å²) in [6.07, 6.45) is 0.164. The number of anilines is 1. The molecule has 164 valence electrons. The van der Waals surface area contributed by atoms with Crippen LogP contribution in [-0.4, -0.2) is 31.2 Å². The second-order valence-electron chi connectivity index (χ2n) is 6.51. The van der Waals surface area contributed by atoms with Gasteiger partial charge in [-0.3, -0.25) is 9.89 Å². The summed E-state index contributed by atoms with van der Waals surface area (Å²) in [5.74, 6) is -0.438. The second kappa shape index (κ2) is 9.88. The minimum absolute atomic E-state index is 0.00624. The van der Waals surface area contributed by atoms with Gasteiger partial charge in [0, 0.05) is 24.5 Å². The number of H-pyrrole nitrogens is 1. The molecule has 0 aliphatic carbocycles. The molecule has 0 saturated heterocycles. The number of nitrogens with one attached hydrogen (secondary N) is 2. The Bertz CT molecular complexity index is 1250. The van der Waals surface area contributed by atoms with E-state index in [-0.39, 0.29) is 24.4 Å². The molecule has 8 nitrogen and oxygen atoms in total. The van der Waals surface area contributed by atoms with Gasteiger partial charge in [0.05, 0.1) is 16.5 Å². The summed E-state index contributed by atoms with van der Waals surface area (Å²) < 4.78 is 31.7. The molecule has 2 aromatic heterocycles. The lowest BCUT2D eigenvalue weighted by Crippen LogP contribution is -2.13. The van der Waals surface area contributed by atoms with Gasteiger partial charge in [0.2, 0.25) is 17.0 Å². The molecule has 0 spiro atoms. The first-order valence-electron chi connectivity index (χ1n) is 9.34. The van der Waals surface area contributed by atoms with Crippen molar-refractivity contribution in [3.63, 3.8) is 0 Å². The van der Waals surface area contributed by atoms with Crippen molar-refractivity contribution < 1.29 is 18.1 Å². The van der Waals surface area contributed by atoms with Crippen LogP contribution in [0.25, 0.3) is 11.4 Å². The van der Waals surface area contributed by atoms with Gasteiger partial charge in [-0.15, -0.1) is 5.10 Å². The summed E-state index contributed by atoms with van der Waals surface area (Å²) in [6, 6.07) is 10.2. The number of aromatic nitrogens is 5. The highest BCUT2D eigenvalue weighted by Crippen LogP contribution is 2.26. The number of hydrogen-bond donors (Lipinski definition) is 2. The Labute approximate surface area is 189 Å². The Balaban J connectivity index is 1.27. The maximum absolute atomic E-state index is 13.6. The first-order chi connectivity index (χ1) is 15.5. The van der Waals surface area contributed by atoms with Gasteiger partial charge in [0.15, 0.2) is 11.6 Å². The molecule has 2 N–H and O–H groups in total. The van der Waals surface area contributed by atoms with E-state index in [2.05, 4.69) is 30.6 Å². The van der Waals surface area contributed by atoms with E-state index in [9.17, 15) is 13.6 Å². The second-order valence-corrected chi connectivity index (χ2v) is 7.86. The van der Waals surface area contributed by atoms with Crippen LogP contribution < -0.4 is 5.32 Å². The summed E-state index contributed by atoms with van der Waals surface area (Å²) in [5, 5.41) is 14.3. The predicted octanol–water partition coefficient (Wildman–Crippen LogP) is 4.65. The van der Waals surface area contributed by atoms with Crippen molar-refractivity contribution in [1.29, 1.82) is 0 Å². The number of thioether (sulfide) groups is 1. The molecule has 0 aliphatic rings. The van der Waals surface area contributed by atoms with Crippen LogP contribution >= 0.6 is 23.4 Å². The summed E-state index contributed by atoms with van der Waals surface area (Å²) in [7, 11) is 0. The highest BCUT2D eigenvalue weighted by molar-refractivity contribution is 7.98. The molecule has 4 aromatic rings. The van der Waals surface area contributed by atoms with Gasteiger partial charge < -0.3 is 9.84 Å². The van der Waals surface area contributed by atoms with E-state index in [1.807, 2.05) is 18.2 Å². The maximum atomic E-state index is 13.6. The van der Waals surface area contributed by atoms with Crippen LogP contribution in [0.5, 0.6) is 0 Å². The fraction of sp³-hybridized carbons (Fsp3) is 0.150. The number of halogens is 3. The van der Waals surface area contributed by atoms with E-state index >= 15 is 0 Å². The van der Waals surface area contributed by atoms with Crippen LogP contribution in [0.3, 0.4) is 0 Å². The topological polar surface area (TPSA) is 110 Å². The average molecular weight is 477 g/mol. The smallest absolute Gasteiger partial charge is 0.227 e. The summed E-state index contributed by atoms with van der Waals surface area (Å²) in [4.78, 5) is 20.6. The predicted molar refractivity (Wildman–Crippen MR) is 114 cm³/mol. The molecule has 0 bridgehead atoms. The van der Waals surface area contributed by atoms with E-state index < -0.39 is 17.5 Å². The van der Waals surface area contributed by atoms with Gasteiger partial charge >= 0.3 is 0 Å². The molecule has 2 aromatic carbocycles. The molecular weight excluding hydrogens is 462 g/mol. The van der Waals surface area contributed by atoms with Crippen LogP contribution in [0, 0.1) is 11.6 Å². The zero-order valence-electron chi connectivity index (χ0n) is 16.3. The molecule has 0 unspecified atom stereocenters. The van der Waals surface area contributed by atoms with Crippen molar-refractivity contribution >= 4 is 35.0 Å². The normalized spacial score (nSPS) is 11.0. The molecule has 0 atom stereocenters. The van der Waals surface area contributed by atoms with Gasteiger partial charge in [-0.2, -0.15) is 4.98 Å². The van der Waals surface area contributed by atoms with Crippen molar-refractivity contribution in [2.24, 2.45) is 0 Å². The van der Waals surface area contributed by atoms with Crippen LogP contribution in [0.4, 0.5) is 14.5 Å². The molecule has 32 heavy (non-hydrogen) atoms. The minimum atomic E-state index is -0.847.